The number of benzene rings is 2. The zero-order chi connectivity index (χ0) is 18.2. The number of nitrogens with zero attached hydrogens (tertiary/aromatic N) is 1. The van der Waals surface area contributed by atoms with Gasteiger partial charge in [0.05, 0.1) is 24.4 Å². The quantitative estimate of drug-likeness (QED) is 0.847. The Morgan fingerprint density at radius 1 is 1.20 bits per heavy atom. The molecular weight excluding hydrogens is 318 g/mol. The first kappa shape index (κ1) is 18.0. The molecule has 0 radical (unpaired) electrons. The topological polar surface area (TPSA) is 91.2 Å². The molecular formula is C19H19N3O3. The molecule has 128 valence electrons. The average molecular weight is 337 g/mol. The Hall–Kier alpha value is -3.33. The lowest BCUT2D eigenvalue weighted by Crippen LogP contribution is -2.25. The van der Waals surface area contributed by atoms with Crippen LogP contribution in [0.1, 0.15) is 28.4 Å². The number of nitriles is 1. The van der Waals surface area contributed by atoms with Crippen LogP contribution in [0.4, 0.5) is 5.69 Å². The van der Waals surface area contributed by atoms with Crippen LogP contribution in [0.5, 0.6) is 5.75 Å². The first-order valence-corrected chi connectivity index (χ1v) is 7.76. The molecule has 0 saturated carbocycles. The molecule has 0 unspecified atom stereocenters. The summed E-state index contributed by atoms with van der Waals surface area (Å²) < 4.78 is 5.21. The highest BCUT2D eigenvalue weighted by molar-refractivity contribution is 5.94. The summed E-state index contributed by atoms with van der Waals surface area (Å²) in [6.45, 7) is 1.86. The van der Waals surface area contributed by atoms with Crippen LogP contribution >= 0.6 is 0 Å². The lowest BCUT2D eigenvalue weighted by Gasteiger charge is -2.11. The van der Waals surface area contributed by atoms with Gasteiger partial charge in [0.2, 0.25) is 5.91 Å². The van der Waals surface area contributed by atoms with Crippen molar-refractivity contribution in [1.29, 1.82) is 5.26 Å². The van der Waals surface area contributed by atoms with Crippen molar-refractivity contribution in [2.24, 2.45) is 0 Å². The van der Waals surface area contributed by atoms with E-state index in [1.54, 1.807) is 30.3 Å². The Kier molecular flexibility index (Phi) is 6.13. The number of hydrogen-bond donors (Lipinski definition) is 2. The van der Waals surface area contributed by atoms with Crippen molar-refractivity contribution >= 4 is 17.5 Å². The van der Waals surface area contributed by atoms with Gasteiger partial charge in [0.15, 0.2) is 0 Å². The van der Waals surface area contributed by atoms with Gasteiger partial charge < -0.3 is 15.4 Å². The zero-order valence-electron chi connectivity index (χ0n) is 14.1. The number of carbonyl (C=O) groups excluding carboxylic acids is 2. The Morgan fingerprint density at radius 3 is 2.68 bits per heavy atom. The minimum absolute atomic E-state index is 0.180. The van der Waals surface area contributed by atoms with Crippen molar-refractivity contribution in [2.75, 3.05) is 19.0 Å². The van der Waals surface area contributed by atoms with Crippen LogP contribution < -0.4 is 15.4 Å². The van der Waals surface area contributed by atoms with Crippen molar-refractivity contribution < 1.29 is 14.3 Å². The van der Waals surface area contributed by atoms with Crippen molar-refractivity contribution in [3.8, 4) is 11.8 Å². The zero-order valence-corrected chi connectivity index (χ0v) is 14.1. The molecule has 2 rings (SSSR count). The predicted molar refractivity (Wildman–Crippen MR) is 94.5 cm³/mol. The number of carbonyl (C=O) groups is 2. The Balaban J connectivity index is 1.98. The normalized spacial score (nSPS) is 9.80. The number of methoxy groups -OCH3 is 1. The Labute approximate surface area is 146 Å². The SMILES string of the molecule is COc1ccc(CCNC(=O)c2cccc(C#N)c2)cc1NC(C)=O. The second-order valence-corrected chi connectivity index (χ2v) is 5.41. The van der Waals surface area contributed by atoms with Crippen LogP contribution in [0, 0.1) is 11.3 Å². The molecule has 0 aliphatic carbocycles. The van der Waals surface area contributed by atoms with Crippen LogP contribution in [0.3, 0.4) is 0 Å². The fraction of sp³-hybridized carbons (Fsp3) is 0.211. The van der Waals surface area contributed by atoms with Crippen molar-refractivity contribution in [2.45, 2.75) is 13.3 Å². The first-order chi connectivity index (χ1) is 12.0. The third-order valence-corrected chi connectivity index (χ3v) is 3.53. The minimum atomic E-state index is -0.229. The largest absolute Gasteiger partial charge is 0.495 e. The first-order valence-electron chi connectivity index (χ1n) is 7.76. The smallest absolute Gasteiger partial charge is 0.251 e. The molecule has 2 aromatic carbocycles. The number of nitrogens with one attached hydrogen (secondary N) is 2. The van der Waals surface area contributed by atoms with Crippen molar-refractivity contribution in [3.05, 3.63) is 59.2 Å². The van der Waals surface area contributed by atoms with Gasteiger partial charge in [-0.1, -0.05) is 12.1 Å². The van der Waals surface area contributed by atoms with E-state index >= 15 is 0 Å². The highest BCUT2D eigenvalue weighted by Crippen LogP contribution is 2.25. The fourth-order valence-corrected chi connectivity index (χ4v) is 2.35. The van der Waals surface area contributed by atoms with Gasteiger partial charge >= 0.3 is 0 Å². The highest BCUT2D eigenvalue weighted by atomic mass is 16.5. The lowest BCUT2D eigenvalue weighted by molar-refractivity contribution is -0.114. The van der Waals surface area contributed by atoms with E-state index in [2.05, 4.69) is 10.6 Å². The van der Waals surface area contributed by atoms with E-state index in [0.717, 1.165) is 5.56 Å². The summed E-state index contributed by atoms with van der Waals surface area (Å²) in [5.41, 5.74) is 2.45. The van der Waals surface area contributed by atoms with Gasteiger partial charge in [-0.25, -0.2) is 0 Å². The van der Waals surface area contributed by atoms with E-state index in [9.17, 15) is 9.59 Å². The molecule has 0 spiro atoms. The third-order valence-electron chi connectivity index (χ3n) is 3.53. The minimum Gasteiger partial charge on any atom is -0.495 e. The molecule has 0 saturated heterocycles. The second-order valence-electron chi connectivity index (χ2n) is 5.41. The summed E-state index contributed by atoms with van der Waals surface area (Å²) >= 11 is 0. The Morgan fingerprint density at radius 2 is 2.00 bits per heavy atom. The van der Waals surface area contributed by atoms with E-state index in [4.69, 9.17) is 10.00 Å². The van der Waals surface area contributed by atoms with Crippen LogP contribution in [0.15, 0.2) is 42.5 Å². The standard InChI is InChI=1S/C19H19N3O3/c1-13(23)22-17-11-14(6-7-18(17)25-2)8-9-21-19(24)16-5-3-4-15(10-16)12-20/h3-7,10-11H,8-9H2,1-2H3,(H,21,24)(H,22,23). The van der Waals surface area contributed by atoms with E-state index < -0.39 is 0 Å². The second kappa shape index (κ2) is 8.50. The molecule has 6 heteroatoms. The molecule has 2 amide bonds. The summed E-state index contributed by atoms with van der Waals surface area (Å²) in [5, 5.41) is 14.4. The summed E-state index contributed by atoms with van der Waals surface area (Å²) in [6.07, 6.45) is 0.597. The third kappa shape index (κ3) is 5.08. The molecule has 0 atom stereocenters. The maximum absolute atomic E-state index is 12.1. The van der Waals surface area contributed by atoms with Gasteiger partial charge in [-0.2, -0.15) is 5.26 Å². The van der Waals surface area contributed by atoms with Crippen LogP contribution in [-0.4, -0.2) is 25.5 Å². The van der Waals surface area contributed by atoms with Gasteiger partial charge in [-0.15, -0.1) is 0 Å². The molecule has 6 nitrogen and oxygen atoms in total. The van der Waals surface area contributed by atoms with Gasteiger partial charge in [0, 0.05) is 19.0 Å². The van der Waals surface area contributed by atoms with Crippen molar-refractivity contribution in [1.82, 2.24) is 5.32 Å². The number of hydrogen-bond acceptors (Lipinski definition) is 4. The molecule has 0 bridgehead atoms. The fourth-order valence-electron chi connectivity index (χ4n) is 2.35. The molecule has 0 aliphatic heterocycles. The highest BCUT2D eigenvalue weighted by Gasteiger charge is 2.08. The van der Waals surface area contributed by atoms with Crippen LogP contribution in [-0.2, 0) is 11.2 Å². The summed E-state index contributed by atoms with van der Waals surface area (Å²) in [4.78, 5) is 23.4. The maximum Gasteiger partial charge on any atom is 0.251 e. The van der Waals surface area contributed by atoms with Crippen LogP contribution in [0.2, 0.25) is 0 Å². The average Bonchev–Trinajstić information content (AvgIpc) is 2.61. The van der Waals surface area contributed by atoms with Gasteiger partial charge in [-0.3, -0.25) is 9.59 Å². The van der Waals surface area contributed by atoms with Gasteiger partial charge in [-0.05, 0) is 42.3 Å². The molecule has 2 N–H and O–H groups in total. The van der Waals surface area contributed by atoms with E-state index in [-0.39, 0.29) is 11.8 Å². The number of ether oxygens (including phenoxy) is 1. The molecule has 0 heterocycles. The molecule has 0 aromatic heterocycles. The molecule has 0 aliphatic rings. The number of amides is 2. The summed E-state index contributed by atoms with van der Waals surface area (Å²) in [6, 6.07) is 14.0. The Bertz CT molecular complexity index is 825. The summed E-state index contributed by atoms with van der Waals surface area (Å²) in [5.74, 6) is 0.171. The van der Waals surface area contributed by atoms with Crippen LogP contribution in [0.25, 0.3) is 0 Å². The van der Waals surface area contributed by atoms with Gasteiger partial charge in [0.25, 0.3) is 5.91 Å². The molecule has 2 aromatic rings. The number of rotatable bonds is 6. The summed E-state index contributed by atoms with van der Waals surface area (Å²) in [7, 11) is 1.54. The molecule has 25 heavy (non-hydrogen) atoms. The maximum atomic E-state index is 12.1. The van der Waals surface area contributed by atoms with E-state index in [1.165, 1.54) is 14.0 Å². The molecule has 0 fully saturated rings. The van der Waals surface area contributed by atoms with E-state index in [1.807, 2.05) is 18.2 Å². The van der Waals surface area contributed by atoms with E-state index in [0.29, 0.717) is 35.5 Å². The predicted octanol–water partition coefficient (Wildman–Crippen LogP) is 2.50. The van der Waals surface area contributed by atoms with Crippen molar-refractivity contribution in [3.63, 3.8) is 0 Å². The number of anilines is 1. The van der Waals surface area contributed by atoms with Gasteiger partial charge in [0.1, 0.15) is 5.75 Å². The monoisotopic (exact) mass is 337 g/mol. The lowest BCUT2D eigenvalue weighted by atomic mass is 10.1.